The molecule has 1 aromatic rings. The van der Waals surface area contributed by atoms with Crippen molar-refractivity contribution < 1.29 is 32.2 Å². The molecule has 7 nitrogen and oxygen atoms in total. The second-order valence-electron chi connectivity index (χ2n) is 7.33. The largest absolute Gasteiger partial charge is 0.475 e. The van der Waals surface area contributed by atoms with Crippen molar-refractivity contribution in [1.82, 2.24) is 5.32 Å². The zero-order valence-corrected chi connectivity index (χ0v) is 19.2. The maximum absolute atomic E-state index is 13.7. The number of unbranched alkanes of at least 4 members (excludes halogenated alkanes) is 1. The summed E-state index contributed by atoms with van der Waals surface area (Å²) < 4.78 is 51.9. The summed E-state index contributed by atoms with van der Waals surface area (Å²) in [6.45, 7) is 3.24. The number of alkyl halides is 3. The predicted molar refractivity (Wildman–Crippen MR) is 116 cm³/mol. The number of nitrogens with one attached hydrogen (secondary N) is 2. The molecule has 2 atom stereocenters. The molecule has 1 amide bonds. The summed E-state index contributed by atoms with van der Waals surface area (Å²) in [6, 6.07) is 2.02. The SMILES string of the molecule is CCOC(=O)[C@H](CCCCC(=N)N)NC(=O)C1=Cc2cc(Br)cc(C)c2O[C@@H]1C(F)(F)F. The predicted octanol–water partition coefficient (Wildman–Crippen LogP) is 4.01. The molecule has 4 N–H and O–H groups in total. The molecule has 0 bridgehead atoms. The lowest BCUT2D eigenvalue weighted by atomic mass is 9.98. The quantitative estimate of drug-likeness (QED) is 0.197. The van der Waals surface area contributed by atoms with E-state index >= 15 is 0 Å². The summed E-state index contributed by atoms with van der Waals surface area (Å²) in [5.74, 6) is -1.79. The van der Waals surface area contributed by atoms with E-state index in [0.29, 0.717) is 34.9 Å². The van der Waals surface area contributed by atoms with Gasteiger partial charge in [-0.05, 0) is 50.5 Å². The van der Waals surface area contributed by atoms with E-state index < -0.39 is 35.8 Å². The highest BCUT2D eigenvalue weighted by Gasteiger charge is 2.49. The Balaban J connectivity index is 2.30. The van der Waals surface area contributed by atoms with Crippen molar-refractivity contribution in [2.45, 2.75) is 57.9 Å². The first-order valence-corrected chi connectivity index (χ1v) is 10.8. The van der Waals surface area contributed by atoms with Crippen LogP contribution in [0, 0.1) is 12.3 Å². The highest BCUT2D eigenvalue weighted by atomic mass is 79.9. The smallest absolute Gasteiger partial charge is 0.429 e. The van der Waals surface area contributed by atoms with Gasteiger partial charge >= 0.3 is 12.1 Å². The van der Waals surface area contributed by atoms with Gasteiger partial charge in [0.1, 0.15) is 11.8 Å². The summed E-state index contributed by atoms with van der Waals surface area (Å²) in [5.41, 5.74) is 5.45. The number of aryl methyl sites for hydroxylation is 1. The maximum Gasteiger partial charge on any atom is 0.429 e. The number of fused-ring (bicyclic) bond motifs is 1. The molecule has 0 fully saturated rings. The zero-order valence-electron chi connectivity index (χ0n) is 17.6. The number of amidine groups is 1. The molecular formula is C21H25BrF3N3O4. The number of ether oxygens (including phenoxy) is 2. The fourth-order valence-electron chi connectivity index (χ4n) is 3.27. The van der Waals surface area contributed by atoms with Crippen LogP contribution in [-0.4, -0.2) is 42.6 Å². The Morgan fingerprint density at radius 1 is 1.34 bits per heavy atom. The highest BCUT2D eigenvalue weighted by molar-refractivity contribution is 9.10. The minimum absolute atomic E-state index is 0.0145. The van der Waals surface area contributed by atoms with Crippen molar-refractivity contribution >= 4 is 39.7 Å². The van der Waals surface area contributed by atoms with Crippen LogP contribution in [-0.2, 0) is 14.3 Å². The third-order valence-electron chi connectivity index (χ3n) is 4.72. The molecule has 0 aromatic heterocycles. The number of nitrogens with two attached hydrogens (primary N) is 1. The second kappa shape index (κ2) is 10.8. The van der Waals surface area contributed by atoms with E-state index in [0.717, 1.165) is 6.08 Å². The number of halogens is 4. The van der Waals surface area contributed by atoms with Crippen LogP contribution in [0.1, 0.15) is 43.7 Å². The Hall–Kier alpha value is -2.56. The summed E-state index contributed by atoms with van der Waals surface area (Å²) in [4.78, 5) is 25.1. The number of benzene rings is 1. The average molecular weight is 520 g/mol. The monoisotopic (exact) mass is 519 g/mol. The van der Waals surface area contributed by atoms with Crippen molar-refractivity contribution in [3.05, 3.63) is 33.3 Å². The van der Waals surface area contributed by atoms with Gasteiger partial charge in [-0.15, -0.1) is 0 Å². The van der Waals surface area contributed by atoms with Crippen LogP contribution < -0.4 is 15.8 Å². The van der Waals surface area contributed by atoms with Gasteiger partial charge in [0, 0.05) is 16.5 Å². The second-order valence-corrected chi connectivity index (χ2v) is 8.25. The number of hydrogen-bond donors (Lipinski definition) is 3. The third kappa shape index (κ3) is 6.72. The number of rotatable bonds is 9. The van der Waals surface area contributed by atoms with Gasteiger partial charge in [-0.3, -0.25) is 10.2 Å². The molecule has 0 aliphatic carbocycles. The number of amides is 1. The van der Waals surface area contributed by atoms with Crippen LogP contribution in [0.15, 0.2) is 22.2 Å². The molecule has 1 aliphatic rings. The van der Waals surface area contributed by atoms with Gasteiger partial charge in [0.05, 0.1) is 18.0 Å². The summed E-state index contributed by atoms with van der Waals surface area (Å²) in [6.07, 6.45) is -4.86. The number of carbonyl (C=O) groups is 2. The first-order chi connectivity index (χ1) is 14.9. The lowest BCUT2D eigenvalue weighted by molar-refractivity contribution is -0.185. The summed E-state index contributed by atoms with van der Waals surface area (Å²) >= 11 is 3.28. The minimum atomic E-state index is -4.85. The van der Waals surface area contributed by atoms with Gasteiger partial charge < -0.3 is 20.5 Å². The minimum Gasteiger partial charge on any atom is -0.475 e. The lowest BCUT2D eigenvalue weighted by Gasteiger charge is -2.30. The molecule has 1 aliphatic heterocycles. The van der Waals surface area contributed by atoms with Crippen LogP contribution >= 0.6 is 15.9 Å². The van der Waals surface area contributed by atoms with E-state index in [-0.39, 0.29) is 24.6 Å². The molecule has 32 heavy (non-hydrogen) atoms. The average Bonchev–Trinajstić information content (AvgIpc) is 2.68. The molecular weight excluding hydrogens is 495 g/mol. The van der Waals surface area contributed by atoms with Crippen LogP contribution in [0.3, 0.4) is 0 Å². The third-order valence-corrected chi connectivity index (χ3v) is 5.18. The van der Waals surface area contributed by atoms with E-state index in [1.54, 1.807) is 26.0 Å². The van der Waals surface area contributed by atoms with Gasteiger partial charge in [0.25, 0.3) is 5.91 Å². The molecule has 11 heteroatoms. The Bertz CT molecular complexity index is 918. The van der Waals surface area contributed by atoms with Crippen LogP contribution in [0.25, 0.3) is 6.08 Å². The summed E-state index contributed by atoms with van der Waals surface area (Å²) in [7, 11) is 0. The van der Waals surface area contributed by atoms with Crippen molar-refractivity contribution in [1.29, 1.82) is 5.41 Å². The topological polar surface area (TPSA) is 115 Å². The van der Waals surface area contributed by atoms with E-state index in [9.17, 15) is 22.8 Å². The Morgan fingerprint density at radius 3 is 2.62 bits per heavy atom. The van der Waals surface area contributed by atoms with Gasteiger partial charge in [-0.25, -0.2) is 4.79 Å². The standard InChI is InChI=1S/C21H25BrF3N3O4/c1-3-31-20(30)15(6-4-5-7-16(26)27)28-19(29)14-10-12-9-13(22)8-11(2)17(12)32-18(14)21(23,24)25/h8-10,15,18H,3-7H2,1-2H3,(H3,26,27)(H,28,29)/t15-,18-/m0/s1. The van der Waals surface area contributed by atoms with Gasteiger partial charge in [-0.1, -0.05) is 22.4 Å². The van der Waals surface area contributed by atoms with Crippen LogP contribution in [0.4, 0.5) is 13.2 Å². The first kappa shape index (κ1) is 25.7. The fourth-order valence-corrected chi connectivity index (χ4v) is 3.86. The zero-order chi connectivity index (χ0) is 24.1. The van der Waals surface area contributed by atoms with Gasteiger partial charge in [-0.2, -0.15) is 13.2 Å². The van der Waals surface area contributed by atoms with Gasteiger partial charge in [0.2, 0.25) is 6.10 Å². The summed E-state index contributed by atoms with van der Waals surface area (Å²) in [5, 5.41) is 9.60. The number of carbonyl (C=O) groups excluding carboxylic acids is 2. The van der Waals surface area contributed by atoms with E-state index in [2.05, 4.69) is 21.2 Å². The molecule has 176 valence electrons. The van der Waals surface area contributed by atoms with Gasteiger partial charge in [0.15, 0.2) is 0 Å². The molecule has 0 saturated carbocycles. The Morgan fingerprint density at radius 2 is 2.03 bits per heavy atom. The van der Waals surface area contributed by atoms with Crippen molar-refractivity contribution in [2.24, 2.45) is 5.73 Å². The lowest BCUT2D eigenvalue weighted by Crippen LogP contribution is -2.48. The van der Waals surface area contributed by atoms with E-state index in [1.165, 1.54) is 0 Å². The molecule has 1 aromatic carbocycles. The van der Waals surface area contributed by atoms with Crippen LogP contribution in [0.2, 0.25) is 0 Å². The molecule has 1 heterocycles. The van der Waals surface area contributed by atoms with Crippen molar-refractivity contribution in [3.63, 3.8) is 0 Å². The molecule has 0 spiro atoms. The number of hydrogen-bond acceptors (Lipinski definition) is 5. The molecule has 2 rings (SSSR count). The highest BCUT2D eigenvalue weighted by Crippen LogP contribution is 2.40. The number of esters is 1. The molecule has 0 unspecified atom stereocenters. The molecule has 0 saturated heterocycles. The van der Waals surface area contributed by atoms with Crippen LogP contribution in [0.5, 0.6) is 5.75 Å². The Labute approximate surface area is 192 Å². The van der Waals surface area contributed by atoms with E-state index in [1.807, 2.05) is 0 Å². The maximum atomic E-state index is 13.7. The van der Waals surface area contributed by atoms with Crippen molar-refractivity contribution in [3.8, 4) is 5.75 Å². The van der Waals surface area contributed by atoms with E-state index in [4.69, 9.17) is 20.6 Å². The van der Waals surface area contributed by atoms with Crippen molar-refractivity contribution in [2.75, 3.05) is 6.61 Å². The normalized spacial score (nSPS) is 16.3. The molecule has 0 radical (unpaired) electrons. The Kier molecular flexibility index (Phi) is 8.71. The first-order valence-electron chi connectivity index (χ1n) is 9.99. The fraction of sp³-hybridized carbons (Fsp3) is 0.476.